The van der Waals surface area contributed by atoms with Gasteiger partial charge in [-0.2, -0.15) is 5.10 Å². The van der Waals surface area contributed by atoms with Crippen molar-refractivity contribution in [2.45, 2.75) is 24.7 Å². The molecular weight excluding hydrogens is 314 g/mol. The van der Waals surface area contributed by atoms with Gasteiger partial charge in [0.2, 0.25) is 5.91 Å². The van der Waals surface area contributed by atoms with Gasteiger partial charge in [-0.25, -0.2) is 4.68 Å². The Labute approximate surface area is 144 Å². The van der Waals surface area contributed by atoms with Crippen molar-refractivity contribution in [3.05, 3.63) is 60.3 Å². The molecule has 5 heteroatoms. The van der Waals surface area contributed by atoms with E-state index in [4.69, 9.17) is 0 Å². The zero-order valence-corrected chi connectivity index (χ0v) is 13.6. The number of anilines is 1. The van der Waals surface area contributed by atoms with Crippen LogP contribution in [0.15, 0.2) is 54.7 Å². The molecule has 0 bridgehead atoms. The fourth-order valence-corrected chi connectivity index (χ4v) is 3.96. The van der Waals surface area contributed by atoms with Crippen molar-refractivity contribution in [3.8, 4) is 22.7 Å². The number of amides is 1. The van der Waals surface area contributed by atoms with E-state index < -0.39 is 5.41 Å². The Kier molecular flexibility index (Phi) is 2.83. The largest absolute Gasteiger partial charge is 0.506 e. The second-order valence-electron chi connectivity index (χ2n) is 6.77. The number of aromatic nitrogens is 2. The van der Waals surface area contributed by atoms with E-state index in [1.807, 2.05) is 47.1 Å². The third kappa shape index (κ3) is 1.89. The molecule has 5 nitrogen and oxygen atoms in total. The summed E-state index contributed by atoms with van der Waals surface area (Å²) >= 11 is 0. The molecule has 2 N–H and O–H groups in total. The number of hydrogen-bond acceptors (Lipinski definition) is 3. The van der Waals surface area contributed by atoms with E-state index in [2.05, 4.69) is 10.4 Å². The smallest absolute Gasteiger partial charge is 0.235 e. The van der Waals surface area contributed by atoms with Crippen LogP contribution in [0.5, 0.6) is 5.75 Å². The first kappa shape index (κ1) is 14.3. The van der Waals surface area contributed by atoms with Gasteiger partial charge in [-0.05, 0) is 48.7 Å². The predicted molar refractivity (Wildman–Crippen MR) is 94.8 cm³/mol. The Balaban J connectivity index is 1.68. The van der Waals surface area contributed by atoms with Crippen molar-refractivity contribution in [1.82, 2.24) is 9.78 Å². The van der Waals surface area contributed by atoms with Crippen LogP contribution >= 0.6 is 0 Å². The molecule has 1 amide bonds. The Hall–Kier alpha value is -3.08. The molecule has 124 valence electrons. The van der Waals surface area contributed by atoms with Crippen LogP contribution in [0.25, 0.3) is 16.9 Å². The lowest BCUT2D eigenvalue weighted by Gasteiger charge is -2.36. The van der Waals surface area contributed by atoms with Crippen molar-refractivity contribution in [2.24, 2.45) is 0 Å². The molecule has 0 unspecified atom stereocenters. The zero-order chi connectivity index (χ0) is 17.0. The summed E-state index contributed by atoms with van der Waals surface area (Å²) in [5.74, 6) is 0.128. The highest BCUT2D eigenvalue weighted by Crippen LogP contribution is 2.54. The molecule has 0 radical (unpaired) electrons. The molecule has 1 fully saturated rings. The summed E-state index contributed by atoms with van der Waals surface area (Å²) in [4.78, 5) is 12.4. The molecule has 2 heterocycles. The summed E-state index contributed by atoms with van der Waals surface area (Å²) in [6, 6.07) is 15.5. The van der Waals surface area contributed by atoms with Crippen molar-refractivity contribution >= 4 is 11.6 Å². The van der Waals surface area contributed by atoms with E-state index in [-0.39, 0.29) is 11.7 Å². The maximum atomic E-state index is 12.4. The fraction of sp³-hybridized carbons (Fsp3) is 0.200. The Bertz CT molecular complexity index is 987. The molecule has 0 saturated heterocycles. The van der Waals surface area contributed by atoms with Crippen LogP contribution in [-0.2, 0) is 10.2 Å². The van der Waals surface area contributed by atoms with Gasteiger partial charge in [0, 0.05) is 5.56 Å². The molecule has 1 spiro atoms. The van der Waals surface area contributed by atoms with Crippen molar-refractivity contribution in [2.75, 3.05) is 5.32 Å². The third-order valence-electron chi connectivity index (χ3n) is 5.45. The van der Waals surface area contributed by atoms with E-state index in [1.165, 1.54) is 0 Å². The van der Waals surface area contributed by atoms with Gasteiger partial charge in [-0.3, -0.25) is 4.79 Å². The number of carbonyl (C=O) groups is 1. The SMILES string of the molecule is O=C1Nc2c(O)cc(-c3ccnn3-c3ccccc3)cc2C12CCC2. The first-order valence-corrected chi connectivity index (χ1v) is 8.48. The number of phenols is 1. The normalized spacial score (nSPS) is 17.2. The van der Waals surface area contributed by atoms with Crippen molar-refractivity contribution in [3.63, 3.8) is 0 Å². The molecule has 1 aliphatic carbocycles. The van der Waals surface area contributed by atoms with E-state index in [0.29, 0.717) is 5.69 Å². The highest BCUT2D eigenvalue weighted by atomic mass is 16.3. The second kappa shape index (κ2) is 4.96. The lowest BCUT2D eigenvalue weighted by molar-refractivity contribution is -0.123. The monoisotopic (exact) mass is 331 g/mol. The number of aromatic hydroxyl groups is 1. The van der Waals surface area contributed by atoms with E-state index in [0.717, 1.165) is 41.8 Å². The average molecular weight is 331 g/mol. The van der Waals surface area contributed by atoms with Gasteiger partial charge in [0.25, 0.3) is 0 Å². The Morgan fingerprint density at radius 1 is 1.12 bits per heavy atom. The van der Waals surface area contributed by atoms with Gasteiger partial charge in [0.15, 0.2) is 0 Å². The summed E-state index contributed by atoms with van der Waals surface area (Å²) in [6.07, 6.45) is 4.47. The summed E-state index contributed by atoms with van der Waals surface area (Å²) in [5, 5.41) is 17.8. The minimum atomic E-state index is -0.458. The molecule has 1 aliphatic heterocycles. The van der Waals surface area contributed by atoms with Crippen LogP contribution in [0.1, 0.15) is 24.8 Å². The van der Waals surface area contributed by atoms with Crippen LogP contribution in [-0.4, -0.2) is 20.8 Å². The lowest BCUT2D eigenvalue weighted by Crippen LogP contribution is -2.40. The third-order valence-corrected chi connectivity index (χ3v) is 5.45. The number of benzene rings is 2. The molecular formula is C20H17N3O2. The van der Waals surface area contributed by atoms with Crippen LogP contribution in [0, 0.1) is 0 Å². The number of hydrogen-bond donors (Lipinski definition) is 2. The van der Waals surface area contributed by atoms with Crippen LogP contribution in [0.3, 0.4) is 0 Å². The van der Waals surface area contributed by atoms with E-state index in [9.17, 15) is 9.90 Å². The lowest BCUT2D eigenvalue weighted by atomic mass is 9.65. The molecule has 25 heavy (non-hydrogen) atoms. The van der Waals surface area contributed by atoms with Gasteiger partial charge in [-0.15, -0.1) is 0 Å². The minimum Gasteiger partial charge on any atom is -0.506 e. The van der Waals surface area contributed by atoms with Gasteiger partial charge in [0.05, 0.1) is 28.7 Å². The fourth-order valence-electron chi connectivity index (χ4n) is 3.96. The van der Waals surface area contributed by atoms with E-state index >= 15 is 0 Å². The van der Waals surface area contributed by atoms with Gasteiger partial charge >= 0.3 is 0 Å². The highest BCUT2D eigenvalue weighted by Gasteiger charge is 2.52. The first-order valence-electron chi connectivity index (χ1n) is 8.48. The molecule has 5 rings (SSSR count). The number of rotatable bonds is 2. The standard InChI is InChI=1S/C20H17N3O2/c24-17-12-13(11-15-18(17)22-19(25)20(15)8-4-9-20)16-7-10-21-23(16)14-5-2-1-3-6-14/h1-3,5-7,10-12,24H,4,8-9H2,(H,22,25). The highest BCUT2D eigenvalue weighted by molar-refractivity contribution is 6.08. The second-order valence-corrected chi connectivity index (χ2v) is 6.77. The topological polar surface area (TPSA) is 67.2 Å². The molecule has 1 saturated carbocycles. The number of carbonyl (C=O) groups excluding carboxylic acids is 1. The molecule has 2 aliphatic rings. The van der Waals surface area contributed by atoms with Crippen LogP contribution < -0.4 is 5.32 Å². The Morgan fingerprint density at radius 3 is 2.64 bits per heavy atom. The molecule has 3 aromatic rings. The quantitative estimate of drug-likeness (QED) is 0.705. The molecule has 0 atom stereocenters. The number of para-hydroxylation sites is 1. The van der Waals surface area contributed by atoms with Crippen LogP contribution in [0.2, 0.25) is 0 Å². The number of phenolic OH excluding ortho intramolecular Hbond substituents is 1. The summed E-state index contributed by atoms with van der Waals surface area (Å²) in [5.41, 5.74) is 3.73. The zero-order valence-electron chi connectivity index (χ0n) is 13.6. The predicted octanol–water partition coefficient (Wildman–Crippen LogP) is 3.62. The van der Waals surface area contributed by atoms with Gasteiger partial charge < -0.3 is 10.4 Å². The van der Waals surface area contributed by atoms with Crippen molar-refractivity contribution in [1.29, 1.82) is 0 Å². The van der Waals surface area contributed by atoms with Gasteiger partial charge in [-0.1, -0.05) is 24.6 Å². The maximum absolute atomic E-state index is 12.4. The number of fused-ring (bicyclic) bond motifs is 2. The summed E-state index contributed by atoms with van der Waals surface area (Å²) in [6.45, 7) is 0. The van der Waals surface area contributed by atoms with Gasteiger partial charge in [0.1, 0.15) is 5.75 Å². The number of nitrogens with zero attached hydrogens (tertiary/aromatic N) is 2. The van der Waals surface area contributed by atoms with Crippen LogP contribution in [0.4, 0.5) is 5.69 Å². The molecule has 1 aromatic heterocycles. The number of nitrogens with one attached hydrogen (secondary N) is 1. The Morgan fingerprint density at radius 2 is 1.92 bits per heavy atom. The summed E-state index contributed by atoms with van der Waals surface area (Å²) in [7, 11) is 0. The minimum absolute atomic E-state index is 0.0118. The van der Waals surface area contributed by atoms with Crippen molar-refractivity contribution < 1.29 is 9.90 Å². The first-order chi connectivity index (χ1) is 12.2. The van der Waals surface area contributed by atoms with E-state index in [1.54, 1.807) is 12.3 Å². The maximum Gasteiger partial charge on any atom is 0.235 e. The average Bonchev–Trinajstić information content (AvgIpc) is 3.17. The molecule has 2 aromatic carbocycles. The summed E-state index contributed by atoms with van der Waals surface area (Å²) < 4.78 is 1.85.